The highest BCUT2D eigenvalue weighted by Gasteiger charge is 2.27. The number of amides is 1. The smallest absolute Gasteiger partial charge is 0.286 e. The van der Waals surface area contributed by atoms with Gasteiger partial charge in [0.2, 0.25) is 0 Å². The fourth-order valence-corrected chi connectivity index (χ4v) is 4.13. The lowest BCUT2D eigenvalue weighted by Gasteiger charge is -2.27. The van der Waals surface area contributed by atoms with E-state index in [1.807, 2.05) is 43.3 Å². The first-order valence-electron chi connectivity index (χ1n) is 7.37. The quantitative estimate of drug-likeness (QED) is 0.720. The van der Waals surface area contributed by atoms with Crippen LogP contribution in [-0.2, 0) is 9.53 Å². The van der Waals surface area contributed by atoms with Gasteiger partial charge in [0, 0.05) is 31.7 Å². The number of aliphatic imine (C=N–C) groups is 1. The molecule has 1 amide bonds. The van der Waals surface area contributed by atoms with E-state index in [9.17, 15) is 4.79 Å². The van der Waals surface area contributed by atoms with Crippen LogP contribution in [0.5, 0.6) is 0 Å². The summed E-state index contributed by atoms with van der Waals surface area (Å²) in [6.07, 6.45) is 1.90. The van der Waals surface area contributed by atoms with Crippen LogP contribution in [0.15, 0.2) is 32.6 Å². The van der Waals surface area contributed by atoms with Crippen LogP contribution < -0.4 is 4.90 Å². The van der Waals surface area contributed by atoms with Crippen molar-refractivity contribution in [3.8, 4) is 0 Å². The van der Waals surface area contributed by atoms with Crippen molar-refractivity contribution in [2.45, 2.75) is 0 Å². The molecule has 0 spiro atoms. The van der Waals surface area contributed by atoms with Gasteiger partial charge >= 0.3 is 0 Å². The van der Waals surface area contributed by atoms with Crippen LogP contribution in [0.25, 0.3) is 6.08 Å². The second-order valence-corrected chi connectivity index (χ2v) is 7.38. The highest BCUT2D eigenvalue weighted by atomic mass is 79.9. The fourth-order valence-electron chi connectivity index (χ4n) is 2.41. The molecule has 122 valence electrons. The Hall–Kier alpha value is -1.31. The van der Waals surface area contributed by atoms with Crippen LogP contribution in [0.4, 0.5) is 5.69 Å². The summed E-state index contributed by atoms with van der Waals surface area (Å²) in [7, 11) is 3.99. The molecule has 3 rings (SSSR count). The van der Waals surface area contributed by atoms with Crippen molar-refractivity contribution in [3.05, 3.63) is 33.1 Å². The Morgan fingerprint density at radius 2 is 2.09 bits per heavy atom. The summed E-state index contributed by atoms with van der Waals surface area (Å²) < 4.78 is 6.34. The van der Waals surface area contributed by atoms with Gasteiger partial charge in [-0.3, -0.25) is 4.79 Å². The molecule has 1 aromatic rings. The molecular weight excluding hydrogens is 378 g/mol. The number of benzene rings is 1. The van der Waals surface area contributed by atoms with Crippen molar-refractivity contribution in [3.63, 3.8) is 0 Å². The summed E-state index contributed by atoms with van der Waals surface area (Å²) in [6, 6.07) is 6.06. The minimum absolute atomic E-state index is 0.163. The number of hydrogen-bond acceptors (Lipinski definition) is 5. The van der Waals surface area contributed by atoms with Gasteiger partial charge in [0.25, 0.3) is 5.91 Å². The molecule has 1 saturated heterocycles. The van der Waals surface area contributed by atoms with Crippen LogP contribution >= 0.6 is 27.7 Å². The first-order valence-corrected chi connectivity index (χ1v) is 8.97. The maximum Gasteiger partial charge on any atom is 0.286 e. The van der Waals surface area contributed by atoms with Crippen LogP contribution in [-0.4, -0.2) is 56.4 Å². The number of anilines is 1. The van der Waals surface area contributed by atoms with E-state index in [2.05, 4.69) is 25.8 Å². The molecule has 0 saturated carbocycles. The van der Waals surface area contributed by atoms with Crippen LogP contribution in [0, 0.1) is 0 Å². The molecule has 23 heavy (non-hydrogen) atoms. The van der Waals surface area contributed by atoms with E-state index in [0.717, 1.165) is 34.0 Å². The van der Waals surface area contributed by atoms with Gasteiger partial charge in [0.05, 0.1) is 23.8 Å². The van der Waals surface area contributed by atoms with Crippen LogP contribution in [0.1, 0.15) is 5.56 Å². The van der Waals surface area contributed by atoms with Crippen LogP contribution in [0.2, 0.25) is 0 Å². The summed E-state index contributed by atoms with van der Waals surface area (Å²) in [6.45, 7) is 2.95. The molecule has 0 radical (unpaired) electrons. The van der Waals surface area contributed by atoms with Crippen molar-refractivity contribution in [1.82, 2.24) is 4.90 Å². The number of carbonyl (C=O) groups is 1. The van der Waals surface area contributed by atoms with Crippen molar-refractivity contribution in [2.75, 3.05) is 45.3 Å². The van der Waals surface area contributed by atoms with E-state index in [4.69, 9.17) is 4.74 Å². The first kappa shape index (κ1) is 16.5. The van der Waals surface area contributed by atoms with Gasteiger partial charge in [-0.05, 0) is 51.5 Å². The Bertz CT molecular complexity index is 682. The fraction of sp³-hybridized carbons (Fsp3) is 0.375. The highest BCUT2D eigenvalue weighted by Crippen LogP contribution is 2.32. The standard InChI is InChI=1S/C16H18BrN3O2S/c1-19(2)13-4-3-11(9-12(13)17)10-14-15(21)18-16(23-14)20-5-7-22-8-6-20/h3-4,9-10H,5-8H2,1-2H3/b14-10-. The number of morpholine rings is 1. The molecule has 5 nitrogen and oxygen atoms in total. The van der Waals surface area contributed by atoms with Crippen molar-refractivity contribution < 1.29 is 9.53 Å². The molecule has 0 N–H and O–H groups in total. The zero-order chi connectivity index (χ0) is 16.4. The largest absolute Gasteiger partial charge is 0.378 e. The lowest BCUT2D eigenvalue weighted by atomic mass is 10.2. The van der Waals surface area contributed by atoms with Gasteiger partial charge in [0.15, 0.2) is 5.17 Å². The number of ether oxygens (including phenoxy) is 1. The van der Waals surface area contributed by atoms with E-state index in [1.54, 1.807) is 0 Å². The molecule has 2 aliphatic heterocycles. The molecule has 2 aliphatic rings. The van der Waals surface area contributed by atoms with Crippen molar-refractivity contribution >= 4 is 50.5 Å². The zero-order valence-electron chi connectivity index (χ0n) is 13.1. The van der Waals surface area contributed by atoms with E-state index in [-0.39, 0.29) is 5.91 Å². The second kappa shape index (κ2) is 7.07. The predicted molar refractivity (Wildman–Crippen MR) is 98.9 cm³/mol. The van der Waals surface area contributed by atoms with E-state index < -0.39 is 0 Å². The Kier molecular flexibility index (Phi) is 5.08. The lowest BCUT2D eigenvalue weighted by molar-refractivity contribution is -0.113. The molecule has 0 unspecified atom stereocenters. The van der Waals surface area contributed by atoms with Crippen molar-refractivity contribution in [2.24, 2.45) is 4.99 Å². The number of hydrogen-bond donors (Lipinski definition) is 0. The van der Waals surface area contributed by atoms with Crippen LogP contribution in [0.3, 0.4) is 0 Å². The highest BCUT2D eigenvalue weighted by molar-refractivity contribution is 9.10. The number of thioether (sulfide) groups is 1. The van der Waals surface area contributed by atoms with E-state index in [0.29, 0.717) is 18.1 Å². The first-order chi connectivity index (χ1) is 11.0. The minimum Gasteiger partial charge on any atom is -0.378 e. The molecule has 1 fully saturated rings. The zero-order valence-corrected chi connectivity index (χ0v) is 15.5. The average molecular weight is 396 g/mol. The monoisotopic (exact) mass is 395 g/mol. The van der Waals surface area contributed by atoms with Gasteiger partial charge in [0.1, 0.15) is 0 Å². The van der Waals surface area contributed by atoms with Crippen molar-refractivity contribution in [1.29, 1.82) is 0 Å². The van der Waals surface area contributed by atoms with E-state index in [1.165, 1.54) is 11.8 Å². The Morgan fingerprint density at radius 1 is 1.35 bits per heavy atom. The third-order valence-electron chi connectivity index (χ3n) is 3.64. The Morgan fingerprint density at radius 3 is 2.74 bits per heavy atom. The number of carbonyl (C=O) groups excluding carboxylic acids is 1. The second-order valence-electron chi connectivity index (χ2n) is 5.51. The topological polar surface area (TPSA) is 45.1 Å². The van der Waals surface area contributed by atoms with Gasteiger partial charge in [-0.25, -0.2) is 0 Å². The molecule has 0 aromatic heterocycles. The molecule has 2 heterocycles. The molecule has 0 bridgehead atoms. The normalized spacial score (nSPS) is 20.1. The molecule has 0 atom stereocenters. The maximum absolute atomic E-state index is 12.1. The van der Waals surface area contributed by atoms with Gasteiger partial charge in [-0.15, -0.1) is 0 Å². The predicted octanol–water partition coefficient (Wildman–Crippen LogP) is 2.82. The van der Waals surface area contributed by atoms with Gasteiger partial charge in [-0.1, -0.05) is 6.07 Å². The maximum atomic E-state index is 12.1. The summed E-state index contributed by atoms with van der Waals surface area (Å²) in [5, 5.41) is 0.786. The molecular formula is C16H18BrN3O2S. The summed E-state index contributed by atoms with van der Waals surface area (Å²) in [5.41, 5.74) is 2.08. The Labute approximate surface area is 148 Å². The van der Waals surface area contributed by atoms with E-state index >= 15 is 0 Å². The van der Waals surface area contributed by atoms with Gasteiger partial charge < -0.3 is 14.5 Å². The summed E-state index contributed by atoms with van der Waals surface area (Å²) >= 11 is 5.02. The summed E-state index contributed by atoms with van der Waals surface area (Å²) in [5.74, 6) is -0.163. The minimum atomic E-state index is -0.163. The average Bonchev–Trinajstić information content (AvgIpc) is 2.89. The molecule has 0 aliphatic carbocycles. The number of nitrogens with zero attached hydrogens (tertiary/aromatic N) is 3. The van der Waals surface area contributed by atoms with Gasteiger partial charge in [-0.2, -0.15) is 4.99 Å². The molecule has 7 heteroatoms. The third-order valence-corrected chi connectivity index (χ3v) is 5.32. The third kappa shape index (κ3) is 3.79. The number of amidine groups is 1. The number of rotatable bonds is 2. The molecule has 1 aromatic carbocycles. The summed E-state index contributed by atoms with van der Waals surface area (Å²) in [4.78, 5) is 21.1. The SMILES string of the molecule is CN(C)c1ccc(/C=C2\SC(N3CCOCC3)=NC2=O)cc1Br. The Balaban J connectivity index is 1.76. The lowest BCUT2D eigenvalue weighted by Crippen LogP contribution is -2.38. The number of halogens is 1.